The van der Waals surface area contributed by atoms with Gasteiger partial charge in [-0.25, -0.2) is 0 Å². The van der Waals surface area contributed by atoms with Crippen molar-refractivity contribution < 1.29 is 0 Å². The van der Waals surface area contributed by atoms with Gasteiger partial charge in [-0.2, -0.15) is 0 Å². The molecule has 4 rings (SSSR count). The SMILES string of the molecule is Cc1cc(SSc2[c]c(C(C)c3ccccc3)cc(C)c2)[c]c(C(C)c2ccccc2)c1. The van der Waals surface area contributed by atoms with Gasteiger partial charge < -0.3 is 0 Å². The van der Waals surface area contributed by atoms with Crippen molar-refractivity contribution in [1.29, 1.82) is 0 Å². The summed E-state index contributed by atoms with van der Waals surface area (Å²) in [5.41, 5.74) is 7.68. The van der Waals surface area contributed by atoms with Gasteiger partial charge in [0, 0.05) is 33.8 Å². The predicted octanol–water partition coefficient (Wildman–Crippen LogP) is 9.01. The quantitative estimate of drug-likeness (QED) is 0.257. The second-order valence-electron chi connectivity index (χ2n) is 8.39. The smallest absolute Gasteiger partial charge is 0.0270 e. The summed E-state index contributed by atoms with van der Waals surface area (Å²) in [6.07, 6.45) is 0. The van der Waals surface area contributed by atoms with E-state index in [0.29, 0.717) is 11.8 Å². The van der Waals surface area contributed by atoms with Crippen molar-refractivity contribution >= 4 is 21.6 Å². The van der Waals surface area contributed by atoms with Crippen molar-refractivity contribution in [3.8, 4) is 0 Å². The summed E-state index contributed by atoms with van der Waals surface area (Å²) in [6.45, 7) is 8.85. The Hall–Kier alpha value is -2.42. The average molecular weight is 453 g/mol. The van der Waals surface area contributed by atoms with E-state index in [0.717, 1.165) is 0 Å². The first-order valence-electron chi connectivity index (χ1n) is 11.0. The lowest BCUT2D eigenvalue weighted by molar-refractivity contribution is 0.911. The topological polar surface area (TPSA) is 0 Å². The van der Waals surface area contributed by atoms with E-state index in [1.54, 1.807) is 21.6 Å². The molecule has 32 heavy (non-hydrogen) atoms. The second kappa shape index (κ2) is 10.5. The van der Waals surface area contributed by atoms with Crippen molar-refractivity contribution in [2.24, 2.45) is 0 Å². The Bertz CT molecular complexity index is 1070. The number of benzene rings is 4. The lowest BCUT2D eigenvalue weighted by Gasteiger charge is -2.15. The molecule has 2 unspecified atom stereocenters. The maximum Gasteiger partial charge on any atom is 0.0270 e. The number of hydrogen-bond acceptors (Lipinski definition) is 2. The van der Waals surface area contributed by atoms with E-state index in [1.165, 1.54) is 43.2 Å². The molecule has 0 aromatic heterocycles. The highest BCUT2D eigenvalue weighted by molar-refractivity contribution is 8.76. The molecule has 0 heterocycles. The van der Waals surface area contributed by atoms with E-state index in [2.05, 4.69) is 125 Å². The van der Waals surface area contributed by atoms with Crippen molar-refractivity contribution in [3.63, 3.8) is 0 Å². The molecule has 0 saturated carbocycles. The Morgan fingerprint density at radius 3 is 1.31 bits per heavy atom. The highest BCUT2D eigenvalue weighted by Gasteiger charge is 2.13. The van der Waals surface area contributed by atoms with Crippen LogP contribution in [0.15, 0.2) is 94.7 Å². The fourth-order valence-electron chi connectivity index (χ4n) is 3.90. The van der Waals surface area contributed by atoms with Crippen molar-refractivity contribution in [1.82, 2.24) is 0 Å². The first-order valence-corrected chi connectivity index (χ1v) is 13.2. The molecule has 2 atom stereocenters. The van der Waals surface area contributed by atoms with Gasteiger partial charge in [0.05, 0.1) is 0 Å². The predicted molar refractivity (Wildman–Crippen MR) is 140 cm³/mol. The van der Waals surface area contributed by atoms with Gasteiger partial charge in [0.25, 0.3) is 0 Å². The van der Waals surface area contributed by atoms with Gasteiger partial charge in [0.1, 0.15) is 0 Å². The molecular formula is C30H28S2. The lowest BCUT2D eigenvalue weighted by atomic mass is 9.92. The van der Waals surface area contributed by atoms with E-state index >= 15 is 0 Å². The van der Waals surface area contributed by atoms with Gasteiger partial charge in [-0.15, -0.1) is 0 Å². The molecule has 2 radical (unpaired) electrons. The van der Waals surface area contributed by atoms with Crippen LogP contribution in [-0.2, 0) is 0 Å². The summed E-state index contributed by atoms with van der Waals surface area (Å²) in [6, 6.07) is 37.6. The van der Waals surface area contributed by atoms with Gasteiger partial charge in [-0.05, 0) is 59.4 Å². The molecule has 2 heteroatoms. The fourth-order valence-corrected chi connectivity index (χ4v) is 5.95. The highest BCUT2D eigenvalue weighted by atomic mass is 33.1. The normalized spacial score (nSPS) is 13.0. The Balaban J connectivity index is 1.52. The minimum atomic E-state index is 0.323. The van der Waals surface area contributed by atoms with Crippen LogP contribution in [0.5, 0.6) is 0 Å². The largest absolute Gasteiger partial charge is 0.0622 e. The molecule has 0 aliphatic rings. The summed E-state index contributed by atoms with van der Waals surface area (Å²) >= 11 is 0. The summed E-state index contributed by atoms with van der Waals surface area (Å²) in [4.78, 5) is 2.33. The number of rotatable bonds is 7. The Morgan fingerprint density at radius 2 is 0.938 bits per heavy atom. The van der Waals surface area contributed by atoms with Crippen LogP contribution < -0.4 is 0 Å². The van der Waals surface area contributed by atoms with E-state index in [1.807, 2.05) is 0 Å². The van der Waals surface area contributed by atoms with Gasteiger partial charge in [0.15, 0.2) is 0 Å². The van der Waals surface area contributed by atoms with Crippen LogP contribution in [0, 0.1) is 26.0 Å². The third kappa shape index (κ3) is 5.68. The summed E-state index contributed by atoms with van der Waals surface area (Å²) in [7, 11) is 3.54. The van der Waals surface area contributed by atoms with Crippen molar-refractivity contribution in [2.45, 2.75) is 49.3 Å². The van der Waals surface area contributed by atoms with Crippen molar-refractivity contribution in [2.75, 3.05) is 0 Å². The molecule has 160 valence electrons. The maximum atomic E-state index is 3.66. The Kier molecular flexibility index (Phi) is 7.44. The molecule has 0 aliphatic carbocycles. The van der Waals surface area contributed by atoms with Crippen LogP contribution >= 0.6 is 21.6 Å². The molecule has 0 spiro atoms. The molecule has 0 fully saturated rings. The van der Waals surface area contributed by atoms with Crippen LogP contribution in [0.4, 0.5) is 0 Å². The summed E-state index contributed by atoms with van der Waals surface area (Å²) < 4.78 is 0. The van der Waals surface area contributed by atoms with Gasteiger partial charge >= 0.3 is 0 Å². The minimum absolute atomic E-state index is 0.323. The average Bonchev–Trinajstić information content (AvgIpc) is 2.82. The monoisotopic (exact) mass is 452 g/mol. The summed E-state index contributed by atoms with van der Waals surface area (Å²) in [5.74, 6) is 0.647. The highest BCUT2D eigenvalue weighted by Crippen LogP contribution is 2.40. The minimum Gasteiger partial charge on any atom is -0.0622 e. The zero-order valence-electron chi connectivity index (χ0n) is 19.1. The fraction of sp³-hybridized carbons (Fsp3) is 0.200. The molecule has 0 amide bonds. The summed E-state index contributed by atoms with van der Waals surface area (Å²) in [5, 5.41) is 0. The van der Waals surface area contributed by atoms with Gasteiger partial charge in [-0.1, -0.05) is 108 Å². The molecule has 0 bridgehead atoms. The molecule has 4 aromatic carbocycles. The van der Waals surface area contributed by atoms with Crippen LogP contribution in [0.25, 0.3) is 0 Å². The molecule has 0 nitrogen and oxygen atoms in total. The van der Waals surface area contributed by atoms with Gasteiger partial charge in [-0.3, -0.25) is 0 Å². The molecule has 0 aliphatic heterocycles. The lowest BCUT2D eigenvalue weighted by Crippen LogP contribution is -1.97. The zero-order valence-corrected chi connectivity index (χ0v) is 20.7. The zero-order chi connectivity index (χ0) is 22.5. The third-order valence-electron chi connectivity index (χ3n) is 5.77. The molecule has 0 N–H and O–H groups in total. The van der Waals surface area contributed by atoms with Gasteiger partial charge in [0.2, 0.25) is 0 Å². The van der Waals surface area contributed by atoms with E-state index < -0.39 is 0 Å². The van der Waals surface area contributed by atoms with Crippen LogP contribution in [0.1, 0.15) is 59.1 Å². The Morgan fingerprint density at radius 1 is 0.562 bits per heavy atom. The maximum absolute atomic E-state index is 3.66. The molecule has 0 saturated heterocycles. The second-order valence-corrected chi connectivity index (χ2v) is 10.6. The van der Waals surface area contributed by atoms with E-state index in [-0.39, 0.29) is 0 Å². The third-order valence-corrected chi connectivity index (χ3v) is 7.98. The van der Waals surface area contributed by atoms with Crippen LogP contribution in [0.2, 0.25) is 0 Å². The molecular weight excluding hydrogens is 424 g/mol. The first-order chi connectivity index (χ1) is 15.5. The van der Waals surface area contributed by atoms with E-state index in [9.17, 15) is 0 Å². The van der Waals surface area contributed by atoms with Crippen LogP contribution in [-0.4, -0.2) is 0 Å². The first kappa shape index (κ1) is 22.8. The van der Waals surface area contributed by atoms with Crippen LogP contribution in [0.3, 0.4) is 0 Å². The Labute approximate surface area is 200 Å². The van der Waals surface area contributed by atoms with Crippen molar-refractivity contribution in [3.05, 3.63) is 130 Å². The number of hydrogen-bond donors (Lipinski definition) is 0. The number of aryl methyl sites for hydroxylation is 2. The molecule has 4 aromatic rings. The van der Waals surface area contributed by atoms with E-state index in [4.69, 9.17) is 0 Å². The standard InChI is InChI=1S/C30H28S2/c1-21-15-27(23(3)25-11-7-5-8-12-25)19-29(17-21)31-32-30-18-22(2)16-28(20-30)24(4)26-13-9-6-10-14-26/h5-18,23-24H,1-4H3.